The van der Waals surface area contributed by atoms with Gasteiger partial charge in [-0.15, -0.1) is 0 Å². The molecule has 0 N–H and O–H groups in total. The van der Waals surface area contributed by atoms with Gasteiger partial charge in [0.2, 0.25) is 5.91 Å². The summed E-state index contributed by atoms with van der Waals surface area (Å²) >= 11 is 0. The summed E-state index contributed by atoms with van der Waals surface area (Å²) in [6.45, 7) is 3.73. The second-order valence-corrected chi connectivity index (χ2v) is 6.75. The van der Waals surface area contributed by atoms with Crippen LogP contribution < -0.4 is 4.90 Å². The lowest BCUT2D eigenvalue weighted by Crippen LogP contribution is -2.43. The number of nitrogens with zero attached hydrogens (tertiary/aromatic N) is 2. The van der Waals surface area contributed by atoms with Crippen LogP contribution in [0.4, 0.5) is 5.69 Å². The highest BCUT2D eigenvalue weighted by molar-refractivity contribution is 5.96. The Bertz CT molecular complexity index is 506. The molecule has 0 atom stereocenters. The van der Waals surface area contributed by atoms with Gasteiger partial charge in [0, 0.05) is 18.3 Å². The summed E-state index contributed by atoms with van der Waals surface area (Å²) in [6.07, 6.45) is 6.07. The maximum atomic E-state index is 12.6. The van der Waals surface area contributed by atoms with E-state index in [0.29, 0.717) is 12.6 Å². The number of para-hydroxylation sites is 1. The smallest absolute Gasteiger partial charge is 0.241 e. The zero-order valence-corrected chi connectivity index (χ0v) is 13.2. The van der Waals surface area contributed by atoms with Crippen molar-refractivity contribution in [3.63, 3.8) is 0 Å². The molecule has 1 heterocycles. The molecule has 0 radical (unpaired) electrons. The minimum absolute atomic E-state index is 0.251. The van der Waals surface area contributed by atoms with Crippen LogP contribution in [0.25, 0.3) is 0 Å². The molecule has 1 amide bonds. The molecular weight excluding hydrogens is 260 g/mol. The van der Waals surface area contributed by atoms with Crippen LogP contribution in [0, 0.1) is 5.92 Å². The predicted molar refractivity (Wildman–Crippen MR) is 86.5 cm³/mol. The molecule has 1 aromatic rings. The summed E-state index contributed by atoms with van der Waals surface area (Å²) in [5.41, 5.74) is 2.42. The van der Waals surface area contributed by atoms with Gasteiger partial charge in [0.05, 0.1) is 6.54 Å². The van der Waals surface area contributed by atoms with Crippen LogP contribution in [0.15, 0.2) is 24.3 Å². The van der Waals surface area contributed by atoms with Gasteiger partial charge in [-0.25, -0.2) is 0 Å². The van der Waals surface area contributed by atoms with E-state index in [-0.39, 0.29) is 5.91 Å². The molecule has 0 aromatic heterocycles. The molecule has 1 aliphatic heterocycles. The maximum Gasteiger partial charge on any atom is 0.241 e. The molecule has 1 aromatic carbocycles. The number of benzene rings is 1. The Hall–Kier alpha value is -1.35. The van der Waals surface area contributed by atoms with E-state index in [2.05, 4.69) is 37.1 Å². The lowest BCUT2D eigenvalue weighted by molar-refractivity contribution is -0.120. The van der Waals surface area contributed by atoms with Gasteiger partial charge in [-0.1, -0.05) is 25.1 Å². The van der Waals surface area contributed by atoms with E-state index >= 15 is 0 Å². The van der Waals surface area contributed by atoms with Crippen LogP contribution >= 0.6 is 0 Å². The van der Waals surface area contributed by atoms with Crippen molar-refractivity contribution in [1.82, 2.24) is 4.90 Å². The van der Waals surface area contributed by atoms with Crippen molar-refractivity contribution in [3.05, 3.63) is 29.8 Å². The lowest BCUT2D eigenvalue weighted by atomic mass is 9.87. The SMILES string of the molecule is CC1CCC(N(C)CC(=O)N2CCc3ccccc32)CC1. The van der Waals surface area contributed by atoms with Gasteiger partial charge in [0.25, 0.3) is 0 Å². The molecule has 3 rings (SSSR count). The highest BCUT2D eigenvalue weighted by Crippen LogP contribution is 2.29. The van der Waals surface area contributed by atoms with Crippen LogP contribution in [-0.2, 0) is 11.2 Å². The van der Waals surface area contributed by atoms with Crippen LogP contribution in [0.3, 0.4) is 0 Å². The van der Waals surface area contributed by atoms with E-state index in [1.807, 2.05) is 11.0 Å². The molecular formula is C18H26N2O. The first-order valence-corrected chi connectivity index (χ1v) is 8.23. The first kappa shape index (κ1) is 14.6. The van der Waals surface area contributed by atoms with Gasteiger partial charge in [-0.2, -0.15) is 0 Å². The number of anilines is 1. The number of hydrogen-bond acceptors (Lipinski definition) is 2. The van der Waals surface area contributed by atoms with Gasteiger partial charge in [0.1, 0.15) is 0 Å². The van der Waals surface area contributed by atoms with Gasteiger partial charge < -0.3 is 4.90 Å². The van der Waals surface area contributed by atoms with Gasteiger partial charge in [-0.05, 0) is 56.7 Å². The molecule has 3 nitrogen and oxygen atoms in total. The van der Waals surface area contributed by atoms with E-state index < -0.39 is 0 Å². The minimum atomic E-state index is 0.251. The zero-order chi connectivity index (χ0) is 14.8. The van der Waals surface area contributed by atoms with Crippen LogP contribution in [0.2, 0.25) is 0 Å². The molecule has 0 unspecified atom stereocenters. The van der Waals surface area contributed by atoms with E-state index in [0.717, 1.165) is 24.6 Å². The van der Waals surface area contributed by atoms with E-state index in [9.17, 15) is 4.79 Å². The average Bonchev–Trinajstić information content (AvgIpc) is 2.92. The third-order valence-corrected chi connectivity index (χ3v) is 5.18. The molecule has 3 heteroatoms. The molecule has 1 fully saturated rings. The fraction of sp³-hybridized carbons (Fsp3) is 0.611. The Morgan fingerprint density at radius 1 is 1.24 bits per heavy atom. The monoisotopic (exact) mass is 286 g/mol. The first-order chi connectivity index (χ1) is 10.1. The topological polar surface area (TPSA) is 23.6 Å². The maximum absolute atomic E-state index is 12.6. The number of rotatable bonds is 3. The fourth-order valence-corrected chi connectivity index (χ4v) is 3.71. The number of likely N-dealkylation sites (N-methyl/N-ethyl adjacent to an activating group) is 1. The molecule has 0 spiro atoms. The third-order valence-electron chi connectivity index (χ3n) is 5.18. The normalized spacial score (nSPS) is 25.2. The fourth-order valence-electron chi connectivity index (χ4n) is 3.71. The highest BCUT2D eigenvalue weighted by atomic mass is 16.2. The van der Waals surface area contributed by atoms with Crippen molar-refractivity contribution in [2.24, 2.45) is 5.92 Å². The summed E-state index contributed by atoms with van der Waals surface area (Å²) in [6, 6.07) is 8.87. The molecule has 1 saturated carbocycles. The Morgan fingerprint density at radius 3 is 2.71 bits per heavy atom. The van der Waals surface area contributed by atoms with Gasteiger partial charge >= 0.3 is 0 Å². The summed E-state index contributed by atoms with van der Waals surface area (Å²) in [7, 11) is 2.11. The Kier molecular flexibility index (Phi) is 4.29. The van der Waals surface area contributed by atoms with Crippen LogP contribution in [0.1, 0.15) is 38.2 Å². The number of hydrogen-bond donors (Lipinski definition) is 0. The molecule has 0 bridgehead atoms. The second kappa shape index (κ2) is 6.18. The minimum Gasteiger partial charge on any atom is -0.311 e. The third kappa shape index (κ3) is 3.13. The molecule has 2 aliphatic rings. The Balaban J connectivity index is 1.59. The molecule has 1 aliphatic carbocycles. The van der Waals surface area contributed by atoms with Crippen molar-refractivity contribution >= 4 is 11.6 Å². The summed E-state index contributed by atoms with van der Waals surface area (Å²) < 4.78 is 0. The number of fused-ring (bicyclic) bond motifs is 1. The highest BCUT2D eigenvalue weighted by Gasteiger charge is 2.27. The predicted octanol–water partition coefficient (Wildman–Crippen LogP) is 3.09. The summed E-state index contributed by atoms with van der Waals surface area (Å²) in [5.74, 6) is 1.11. The molecule has 0 saturated heterocycles. The zero-order valence-electron chi connectivity index (χ0n) is 13.2. The molecule has 21 heavy (non-hydrogen) atoms. The average molecular weight is 286 g/mol. The van der Waals surface area contributed by atoms with Crippen LogP contribution in [-0.4, -0.2) is 37.0 Å². The van der Waals surface area contributed by atoms with Crippen molar-refractivity contribution in [3.8, 4) is 0 Å². The summed E-state index contributed by atoms with van der Waals surface area (Å²) in [5, 5.41) is 0. The van der Waals surface area contributed by atoms with E-state index in [1.165, 1.54) is 31.2 Å². The van der Waals surface area contributed by atoms with Crippen molar-refractivity contribution < 1.29 is 4.79 Å². The van der Waals surface area contributed by atoms with Crippen LogP contribution in [0.5, 0.6) is 0 Å². The standard InChI is InChI=1S/C18H26N2O/c1-14-7-9-16(10-8-14)19(2)13-18(21)20-12-11-15-5-3-4-6-17(15)20/h3-6,14,16H,7-13H2,1-2H3. The summed E-state index contributed by atoms with van der Waals surface area (Å²) in [4.78, 5) is 16.9. The molecule has 114 valence electrons. The number of carbonyl (C=O) groups excluding carboxylic acids is 1. The van der Waals surface area contributed by atoms with Crippen molar-refractivity contribution in [1.29, 1.82) is 0 Å². The Labute approximate surface area is 127 Å². The largest absolute Gasteiger partial charge is 0.311 e. The number of carbonyl (C=O) groups is 1. The van der Waals surface area contributed by atoms with E-state index in [4.69, 9.17) is 0 Å². The van der Waals surface area contributed by atoms with Crippen molar-refractivity contribution in [2.45, 2.75) is 45.1 Å². The van der Waals surface area contributed by atoms with Crippen molar-refractivity contribution in [2.75, 3.05) is 25.0 Å². The quantitative estimate of drug-likeness (QED) is 0.852. The van der Waals surface area contributed by atoms with Gasteiger partial charge in [0.15, 0.2) is 0 Å². The van der Waals surface area contributed by atoms with E-state index in [1.54, 1.807) is 0 Å². The first-order valence-electron chi connectivity index (χ1n) is 8.23. The van der Waals surface area contributed by atoms with Gasteiger partial charge in [-0.3, -0.25) is 9.69 Å². The lowest BCUT2D eigenvalue weighted by Gasteiger charge is -2.34. The number of amides is 1. The Morgan fingerprint density at radius 2 is 1.95 bits per heavy atom. The second-order valence-electron chi connectivity index (χ2n) is 6.75.